The average Bonchev–Trinajstić information content (AvgIpc) is 3.31. The van der Waals surface area contributed by atoms with Gasteiger partial charge >= 0.3 is 0 Å². The van der Waals surface area contributed by atoms with Gasteiger partial charge in [-0.1, -0.05) is 82.4 Å². The number of ether oxygens (including phenoxy) is 3. The number of methoxy groups -OCH3 is 3. The van der Waals surface area contributed by atoms with Crippen LogP contribution < -0.4 is 14.2 Å². The molecule has 6 rings (SSSR count). The molecule has 382 valence electrons. The first-order chi connectivity index (χ1) is 33.6. The Morgan fingerprint density at radius 3 is 1.08 bits per heavy atom. The fourth-order valence-electron chi connectivity index (χ4n) is 6.79. The van der Waals surface area contributed by atoms with Gasteiger partial charge in [0.2, 0.25) is 5.75 Å². The van der Waals surface area contributed by atoms with Crippen molar-refractivity contribution in [2.24, 2.45) is 0 Å². The fraction of sp³-hybridized carbons (Fsp3) is 0.283. The Hall–Kier alpha value is -7.01. The van der Waals surface area contributed by atoms with Gasteiger partial charge in [0.05, 0.1) is 26.4 Å². The normalized spacial score (nSPS) is 9.71. The van der Waals surface area contributed by atoms with Crippen LogP contribution in [-0.4, -0.2) is 62.3 Å². The molecule has 6 aromatic carbocycles. The van der Waals surface area contributed by atoms with Gasteiger partial charge in [-0.3, -0.25) is 33.6 Å². The standard InChI is InChI=1S/C11H14O4.C11H14O.C10H10O2.2C10H12O.C8H6Cl2O/c1-7(12)8-5-9(13-2)11(15-4)10(6-8)14-3;1-7-5-11(10(4)12)6-8(2)9(7)3;1-7(11)9-3-5-10(6-4-9)8(2)12;1-7-4-8(2)10(6-11)9(3)5-7;1-7-4-8(2)6-10(5-7)9(3)11;1-5(11)7-4-6(9)2-3-8(7)10/h5-6H,1-4H3;5-6H,1-4H3;3-6H,1-2H3;2*4-6H,1-3H3;2-4H,1H3. The second kappa shape index (κ2) is 30.7. The Kier molecular flexibility index (Phi) is 26.8. The maximum absolute atomic E-state index is 11.2. The van der Waals surface area contributed by atoms with E-state index in [0.29, 0.717) is 49.5 Å². The topological polar surface area (TPSA) is 147 Å². The van der Waals surface area contributed by atoms with E-state index in [4.69, 9.17) is 37.4 Å². The third-order valence-corrected chi connectivity index (χ3v) is 11.5. The molecule has 12 heteroatoms. The summed E-state index contributed by atoms with van der Waals surface area (Å²) in [5.74, 6) is 1.66. The quantitative estimate of drug-likeness (QED) is 0.0959. The highest BCUT2D eigenvalue weighted by Crippen LogP contribution is 2.38. The van der Waals surface area contributed by atoms with Gasteiger partial charge in [-0.05, 0) is 179 Å². The molecule has 0 radical (unpaired) electrons. The molecule has 0 saturated carbocycles. The number of aldehydes is 1. The number of carbonyl (C=O) groups is 7. The predicted molar refractivity (Wildman–Crippen MR) is 292 cm³/mol. The van der Waals surface area contributed by atoms with Crippen molar-refractivity contribution < 1.29 is 47.8 Å². The van der Waals surface area contributed by atoms with Gasteiger partial charge < -0.3 is 14.2 Å². The van der Waals surface area contributed by atoms with Gasteiger partial charge in [-0.2, -0.15) is 0 Å². The molecule has 0 amide bonds. The molecule has 72 heavy (non-hydrogen) atoms. The first-order valence-electron chi connectivity index (χ1n) is 22.7. The Labute approximate surface area is 436 Å². The maximum Gasteiger partial charge on any atom is 0.203 e. The zero-order chi connectivity index (χ0) is 55.2. The second-order valence-corrected chi connectivity index (χ2v) is 17.8. The number of ketones is 6. The number of hydrogen-bond donors (Lipinski definition) is 0. The van der Waals surface area contributed by atoms with Gasteiger partial charge in [0.15, 0.2) is 52.5 Å². The zero-order valence-corrected chi connectivity index (χ0v) is 46.2. The highest BCUT2D eigenvalue weighted by Gasteiger charge is 2.15. The van der Waals surface area contributed by atoms with Crippen LogP contribution in [0.1, 0.15) is 159 Å². The van der Waals surface area contributed by atoms with E-state index in [2.05, 4.69) is 13.0 Å². The summed E-state index contributed by atoms with van der Waals surface area (Å²) in [5, 5.41) is 0.974. The molecule has 0 atom stereocenters. The van der Waals surface area contributed by atoms with Crippen LogP contribution in [0.2, 0.25) is 10.0 Å². The van der Waals surface area contributed by atoms with Crippen molar-refractivity contribution in [2.45, 2.75) is 96.9 Å². The molecule has 0 N–H and O–H groups in total. The minimum atomic E-state index is -0.0718. The molecule has 0 aliphatic heterocycles. The Balaban J connectivity index is 0.000000433. The van der Waals surface area contributed by atoms with Gasteiger partial charge in [0.25, 0.3) is 0 Å². The summed E-state index contributed by atoms with van der Waals surface area (Å²) in [6, 6.07) is 28.6. The molecule has 0 heterocycles. The first-order valence-corrected chi connectivity index (χ1v) is 23.5. The smallest absolute Gasteiger partial charge is 0.203 e. The summed E-state index contributed by atoms with van der Waals surface area (Å²) in [4.78, 5) is 76.4. The van der Waals surface area contributed by atoms with Crippen molar-refractivity contribution in [3.05, 3.63) is 191 Å². The van der Waals surface area contributed by atoms with Crippen LogP contribution in [0.15, 0.2) is 97.1 Å². The summed E-state index contributed by atoms with van der Waals surface area (Å²) in [6.45, 7) is 25.3. The maximum atomic E-state index is 11.2. The number of aryl methyl sites for hydroxylation is 7. The summed E-state index contributed by atoms with van der Waals surface area (Å²) in [5.41, 5.74) is 14.0. The molecule has 10 nitrogen and oxygen atoms in total. The lowest BCUT2D eigenvalue weighted by atomic mass is 9.99. The molecule has 6 aromatic rings. The zero-order valence-electron chi connectivity index (χ0n) is 44.7. The average molecular weight is 1020 g/mol. The molecule has 0 unspecified atom stereocenters. The number of Topliss-reactive ketones (excluding diaryl/α,β-unsaturated/α-hetero) is 6. The number of benzene rings is 6. The Bertz CT molecular complexity index is 2770. The van der Waals surface area contributed by atoms with E-state index in [1.807, 2.05) is 84.9 Å². The lowest BCUT2D eigenvalue weighted by Gasteiger charge is -2.12. The van der Waals surface area contributed by atoms with Crippen LogP contribution in [0, 0.1) is 55.4 Å². The van der Waals surface area contributed by atoms with Gasteiger partial charge in [-0.15, -0.1) is 0 Å². The summed E-state index contributed by atoms with van der Waals surface area (Å²) in [6.07, 6.45) is 0.921. The number of halogens is 2. The van der Waals surface area contributed by atoms with Crippen LogP contribution in [-0.2, 0) is 0 Å². The van der Waals surface area contributed by atoms with Crippen LogP contribution in [0.5, 0.6) is 17.2 Å². The fourth-order valence-corrected chi connectivity index (χ4v) is 7.21. The predicted octanol–water partition coefficient (Wildman–Crippen LogP) is 14.9. The van der Waals surface area contributed by atoms with E-state index >= 15 is 0 Å². The van der Waals surface area contributed by atoms with Crippen molar-refractivity contribution in [1.82, 2.24) is 0 Å². The molecular formula is C60H68Cl2O10. The Morgan fingerprint density at radius 2 is 0.764 bits per heavy atom. The van der Waals surface area contributed by atoms with E-state index in [-0.39, 0.29) is 34.7 Å². The number of rotatable bonds is 10. The summed E-state index contributed by atoms with van der Waals surface area (Å²) < 4.78 is 15.4. The van der Waals surface area contributed by atoms with Crippen LogP contribution in [0.4, 0.5) is 0 Å². The van der Waals surface area contributed by atoms with Crippen molar-refractivity contribution in [2.75, 3.05) is 21.3 Å². The first kappa shape index (κ1) is 63.0. The summed E-state index contributed by atoms with van der Waals surface area (Å²) in [7, 11) is 4.55. The van der Waals surface area contributed by atoms with Gasteiger partial charge in [0.1, 0.15) is 0 Å². The highest BCUT2D eigenvalue weighted by molar-refractivity contribution is 6.35. The summed E-state index contributed by atoms with van der Waals surface area (Å²) >= 11 is 11.4. The molecule has 0 aromatic heterocycles. The molecule has 0 fully saturated rings. The van der Waals surface area contributed by atoms with Crippen molar-refractivity contribution in [3.63, 3.8) is 0 Å². The van der Waals surface area contributed by atoms with E-state index in [1.54, 1.807) is 68.4 Å². The van der Waals surface area contributed by atoms with Crippen LogP contribution in [0.3, 0.4) is 0 Å². The Morgan fingerprint density at radius 1 is 0.403 bits per heavy atom. The molecule has 0 saturated heterocycles. The van der Waals surface area contributed by atoms with E-state index in [1.165, 1.54) is 71.3 Å². The monoisotopic (exact) mass is 1020 g/mol. The van der Waals surface area contributed by atoms with Crippen LogP contribution >= 0.6 is 23.2 Å². The van der Waals surface area contributed by atoms with Crippen molar-refractivity contribution in [1.29, 1.82) is 0 Å². The minimum absolute atomic E-state index is 0.0186. The molecular weight excluding hydrogens is 952 g/mol. The van der Waals surface area contributed by atoms with Crippen molar-refractivity contribution >= 4 is 64.2 Å². The molecule has 0 aliphatic rings. The van der Waals surface area contributed by atoms with Crippen LogP contribution in [0.25, 0.3) is 0 Å². The highest BCUT2D eigenvalue weighted by atomic mass is 35.5. The van der Waals surface area contributed by atoms with Crippen molar-refractivity contribution in [3.8, 4) is 17.2 Å². The van der Waals surface area contributed by atoms with E-state index < -0.39 is 0 Å². The third kappa shape index (κ3) is 20.8. The molecule has 0 spiro atoms. The van der Waals surface area contributed by atoms with E-state index in [9.17, 15) is 33.6 Å². The second-order valence-electron chi connectivity index (χ2n) is 17.0. The number of hydrogen-bond acceptors (Lipinski definition) is 10. The molecule has 0 aliphatic carbocycles. The minimum Gasteiger partial charge on any atom is -0.493 e. The number of carbonyl (C=O) groups excluding carboxylic acids is 7. The third-order valence-electron chi connectivity index (χ3n) is 10.9. The molecule has 0 bridgehead atoms. The van der Waals surface area contributed by atoms with Gasteiger partial charge in [-0.25, -0.2) is 0 Å². The van der Waals surface area contributed by atoms with E-state index in [0.717, 1.165) is 45.2 Å². The largest absolute Gasteiger partial charge is 0.493 e. The lowest BCUT2D eigenvalue weighted by Crippen LogP contribution is -1.99. The SMILES string of the molecule is CC(=O)c1cc(C)c(C)c(C)c1.CC(=O)c1cc(C)cc(C)c1.CC(=O)c1cc(Cl)ccc1Cl.CC(=O)c1ccc(C(C)=O)cc1.COc1cc(C(C)=O)cc(OC)c1OC.Cc1cc(C)c(C=O)c(C)c1. The lowest BCUT2D eigenvalue weighted by molar-refractivity contribution is 0.100. The van der Waals surface area contributed by atoms with Gasteiger partial charge in [0, 0.05) is 44.0 Å².